The first-order valence-corrected chi connectivity index (χ1v) is 8.20. The summed E-state index contributed by atoms with van der Waals surface area (Å²) in [7, 11) is 1.73. The summed E-state index contributed by atoms with van der Waals surface area (Å²) in [5, 5.41) is 0. The fourth-order valence-corrected chi connectivity index (χ4v) is 4.02. The van der Waals surface area contributed by atoms with Crippen molar-refractivity contribution in [2.75, 3.05) is 7.11 Å². The summed E-state index contributed by atoms with van der Waals surface area (Å²) in [5.74, 6) is 2.62. The number of carbonyl (C=O) groups excluding carboxylic acids is 1. The van der Waals surface area contributed by atoms with E-state index in [1.807, 2.05) is 0 Å². The Balaban J connectivity index is 1.96. The Morgan fingerprint density at radius 2 is 1.68 bits per heavy atom. The van der Waals surface area contributed by atoms with Gasteiger partial charge in [-0.15, -0.1) is 0 Å². The van der Waals surface area contributed by atoms with Crippen molar-refractivity contribution in [1.82, 2.24) is 0 Å². The van der Waals surface area contributed by atoms with Gasteiger partial charge in [-0.2, -0.15) is 0 Å². The van der Waals surface area contributed by atoms with E-state index in [1.54, 1.807) is 7.11 Å². The largest absolute Gasteiger partial charge is 0.373 e. The summed E-state index contributed by atoms with van der Waals surface area (Å²) in [5.41, 5.74) is 0. The summed E-state index contributed by atoms with van der Waals surface area (Å²) in [6, 6.07) is 0. The predicted molar refractivity (Wildman–Crippen MR) is 78.0 cm³/mol. The summed E-state index contributed by atoms with van der Waals surface area (Å²) in [6.07, 6.45) is 9.49. The van der Waals surface area contributed by atoms with Gasteiger partial charge in [-0.25, -0.2) is 0 Å². The molecule has 0 saturated heterocycles. The van der Waals surface area contributed by atoms with Crippen LogP contribution in [0.5, 0.6) is 0 Å². The molecule has 4 unspecified atom stereocenters. The zero-order valence-corrected chi connectivity index (χ0v) is 12.9. The van der Waals surface area contributed by atoms with Crippen LogP contribution in [0.3, 0.4) is 0 Å². The number of ketones is 1. The van der Waals surface area contributed by atoms with Crippen LogP contribution >= 0.6 is 0 Å². The van der Waals surface area contributed by atoms with Gasteiger partial charge in [0.15, 0.2) is 5.78 Å². The van der Waals surface area contributed by atoms with Crippen LogP contribution < -0.4 is 0 Å². The van der Waals surface area contributed by atoms with Crippen molar-refractivity contribution in [2.24, 2.45) is 23.7 Å². The van der Waals surface area contributed by atoms with Crippen molar-refractivity contribution in [3.8, 4) is 0 Å². The van der Waals surface area contributed by atoms with E-state index in [0.29, 0.717) is 17.6 Å². The summed E-state index contributed by atoms with van der Waals surface area (Å²) < 4.78 is 5.62. The predicted octanol–water partition coefficient (Wildman–Crippen LogP) is 4.22. The third kappa shape index (κ3) is 3.59. The van der Waals surface area contributed by atoms with Gasteiger partial charge in [0.25, 0.3) is 0 Å². The average molecular weight is 266 g/mol. The van der Waals surface area contributed by atoms with Gasteiger partial charge < -0.3 is 4.74 Å². The molecule has 0 amide bonds. The number of hydrogen-bond donors (Lipinski definition) is 0. The minimum atomic E-state index is -0.120. The van der Waals surface area contributed by atoms with Gasteiger partial charge in [-0.05, 0) is 49.9 Å². The highest BCUT2D eigenvalue weighted by molar-refractivity contribution is 5.85. The zero-order chi connectivity index (χ0) is 13.8. The molecule has 19 heavy (non-hydrogen) atoms. The van der Waals surface area contributed by atoms with Gasteiger partial charge >= 0.3 is 0 Å². The van der Waals surface area contributed by atoms with E-state index >= 15 is 0 Å². The summed E-state index contributed by atoms with van der Waals surface area (Å²) in [6.45, 7) is 4.62. The van der Waals surface area contributed by atoms with Crippen LogP contribution in [0.15, 0.2) is 0 Å². The van der Waals surface area contributed by atoms with Crippen LogP contribution in [-0.4, -0.2) is 19.0 Å². The van der Waals surface area contributed by atoms with Gasteiger partial charge in [0.1, 0.15) is 6.10 Å². The lowest BCUT2D eigenvalue weighted by Gasteiger charge is -2.35. The minimum absolute atomic E-state index is 0.120. The molecule has 0 spiro atoms. The van der Waals surface area contributed by atoms with Gasteiger partial charge in [-0.3, -0.25) is 4.79 Å². The van der Waals surface area contributed by atoms with Crippen molar-refractivity contribution in [3.05, 3.63) is 0 Å². The Morgan fingerprint density at radius 3 is 2.26 bits per heavy atom. The van der Waals surface area contributed by atoms with Gasteiger partial charge in [0.05, 0.1) is 0 Å². The van der Waals surface area contributed by atoms with Crippen LogP contribution in [-0.2, 0) is 9.53 Å². The molecule has 0 heterocycles. The van der Waals surface area contributed by atoms with Crippen molar-refractivity contribution < 1.29 is 9.53 Å². The molecule has 0 aliphatic heterocycles. The maximum atomic E-state index is 12.8. The molecule has 0 aromatic carbocycles. The van der Waals surface area contributed by atoms with E-state index in [-0.39, 0.29) is 12.0 Å². The first kappa shape index (κ1) is 15.0. The molecule has 0 bridgehead atoms. The van der Waals surface area contributed by atoms with Gasteiger partial charge in [0, 0.05) is 13.0 Å². The van der Waals surface area contributed by atoms with E-state index < -0.39 is 0 Å². The molecule has 110 valence electrons. The second-order valence-corrected chi connectivity index (χ2v) is 6.92. The molecule has 2 nitrogen and oxygen atoms in total. The Hall–Kier alpha value is -0.370. The Morgan fingerprint density at radius 1 is 1.00 bits per heavy atom. The molecule has 2 aliphatic rings. The smallest absolute Gasteiger partial charge is 0.164 e. The molecule has 2 saturated carbocycles. The molecular weight excluding hydrogens is 236 g/mol. The second kappa shape index (κ2) is 6.88. The fourth-order valence-electron chi connectivity index (χ4n) is 4.02. The van der Waals surface area contributed by atoms with Crippen LogP contribution in [0.4, 0.5) is 0 Å². The van der Waals surface area contributed by atoms with Crippen LogP contribution in [0.1, 0.15) is 65.2 Å². The lowest BCUT2D eigenvalue weighted by molar-refractivity contribution is -0.138. The van der Waals surface area contributed by atoms with Crippen molar-refractivity contribution in [1.29, 1.82) is 0 Å². The molecule has 0 radical (unpaired) electrons. The highest BCUT2D eigenvalue weighted by Crippen LogP contribution is 2.37. The number of ether oxygens (including phenoxy) is 1. The highest BCUT2D eigenvalue weighted by atomic mass is 16.5. The van der Waals surface area contributed by atoms with Crippen molar-refractivity contribution in [2.45, 2.75) is 71.3 Å². The Kier molecular flexibility index (Phi) is 5.44. The number of Topliss-reactive ketones (excluding diaryl/α,β-unsaturated/α-hetero) is 1. The SMILES string of the molecule is COC(C(=O)C1CCC(C)C(C)C1)C1CCCCC1. The highest BCUT2D eigenvalue weighted by Gasteiger charge is 2.36. The van der Waals surface area contributed by atoms with E-state index in [4.69, 9.17) is 4.74 Å². The molecule has 0 N–H and O–H groups in total. The first-order chi connectivity index (χ1) is 9.13. The number of methoxy groups -OCH3 is 1. The molecule has 2 heteroatoms. The minimum Gasteiger partial charge on any atom is -0.373 e. The van der Waals surface area contributed by atoms with E-state index in [9.17, 15) is 4.79 Å². The summed E-state index contributed by atoms with van der Waals surface area (Å²) >= 11 is 0. The second-order valence-electron chi connectivity index (χ2n) is 6.92. The third-order valence-electron chi connectivity index (χ3n) is 5.61. The van der Waals surface area contributed by atoms with E-state index in [2.05, 4.69) is 13.8 Å². The zero-order valence-electron chi connectivity index (χ0n) is 12.9. The maximum absolute atomic E-state index is 12.8. The van der Waals surface area contributed by atoms with Crippen LogP contribution in [0, 0.1) is 23.7 Å². The van der Waals surface area contributed by atoms with Crippen molar-refractivity contribution in [3.63, 3.8) is 0 Å². The van der Waals surface area contributed by atoms with E-state index in [1.165, 1.54) is 38.5 Å². The maximum Gasteiger partial charge on any atom is 0.164 e. The standard InChI is InChI=1S/C17H30O2/c1-12-9-10-15(11-13(12)2)16(18)17(19-3)14-7-5-4-6-8-14/h12-15,17H,4-11H2,1-3H3. The fraction of sp³-hybridized carbons (Fsp3) is 0.941. The molecule has 0 aromatic rings. The average Bonchev–Trinajstić information content (AvgIpc) is 2.44. The van der Waals surface area contributed by atoms with Gasteiger partial charge in [-0.1, -0.05) is 33.1 Å². The van der Waals surface area contributed by atoms with Crippen molar-refractivity contribution >= 4 is 5.78 Å². The number of hydrogen-bond acceptors (Lipinski definition) is 2. The molecule has 4 atom stereocenters. The topological polar surface area (TPSA) is 26.3 Å². The third-order valence-corrected chi connectivity index (χ3v) is 5.61. The summed E-state index contributed by atoms with van der Waals surface area (Å²) in [4.78, 5) is 12.8. The Labute approximate surface area is 118 Å². The molecule has 0 aromatic heterocycles. The van der Waals surface area contributed by atoms with Gasteiger partial charge in [0.2, 0.25) is 0 Å². The molecule has 2 rings (SSSR count). The van der Waals surface area contributed by atoms with Crippen LogP contribution in [0.2, 0.25) is 0 Å². The molecule has 2 aliphatic carbocycles. The quantitative estimate of drug-likeness (QED) is 0.761. The Bertz CT molecular complexity index is 294. The molecule has 2 fully saturated rings. The lowest BCUT2D eigenvalue weighted by Crippen LogP contribution is -2.39. The monoisotopic (exact) mass is 266 g/mol. The molecular formula is C17H30O2. The first-order valence-electron chi connectivity index (χ1n) is 8.20. The number of rotatable bonds is 4. The lowest BCUT2D eigenvalue weighted by atomic mass is 9.71. The van der Waals surface area contributed by atoms with E-state index in [0.717, 1.165) is 18.8 Å². The van der Waals surface area contributed by atoms with Crippen LogP contribution in [0.25, 0.3) is 0 Å². The normalized spacial score (nSPS) is 35.0. The number of carbonyl (C=O) groups is 1.